The number of esters is 1. The van der Waals surface area contributed by atoms with Crippen LogP contribution < -0.4 is 0 Å². The summed E-state index contributed by atoms with van der Waals surface area (Å²) in [7, 11) is 1.32. The van der Waals surface area contributed by atoms with Crippen LogP contribution in [-0.4, -0.2) is 29.6 Å². The lowest BCUT2D eigenvalue weighted by atomic mass is 9.62. The molecule has 0 aromatic carbocycles. The first-order chi connectivity index (χ1) is 10.6. The molecule has 1 N–H and O–H groups in total. The molecule has 0 spiro atoms. The molecule has 0 unspecified atom stereocenters. The third-order valence-electron chi connectivity index (χ3n) is 4.63. The Kier molecular flexibility index (Phi) is 6.11. The van der Waals surface area contributed by atoms with Gasteiger partial charge in [0.25, 0.3) is 0 Å². The highest BCUT2D eigenvalue weighted by Gasteiger charge is 2.49. The number of allylic oxidation sites excluding steroid dienone is 3. The molecule has 0 bridgehead atoms. The van der Waals surface area contributed by atoms with Gasteiger partial charge in [-0.05, 0) is 43.1 Å². The van der Waals surface area contributed by atoms with E-state index in [4.69, 9.17) is 0 Å². The van der Waals surface area contributed by atoms with Crippen molar-refractivity contribution in [1.82, 2.24) is 0 Å². The molecule has 0 radical (unpaired) electrons. The summed E-state index contributed by atoms with van der Waals surface area (Å²) in [4.78, 5) is 23.6. The van der Waals surface area contributed by atoms with Crippen LogP contribution in [0.25, 0.3) is 0 Å². The van der Waals surface area contributed by atoms with Crippen molar-refractivity contribution >= 4 is 11.8 Å². The molecule has 0 saturated carbocycles. The van der Waals surface area contributed by atoms with Crippen molar-refractivity contribution in [3.8, 4) is 0 Å². The van der Waals surface area contributed by atoms with E-state index in [1.807, 2.05) is 27.7 Å². The maximum absolute atomic E-state index is 12.4. The van der Waals surface area contributed by atoms with E-state index in [-0.39, 0.29) is 5.78 Å². The molecule has 0 saturated heterocycles. The van der Waals surface area contributed by atoms with Gasteiger partial charge >= 0.3 is 5.97 Å². The van der Waals surface area contributed by atoms with Crippen LogP contribution >= 0.6 is 0 Å². The molecule has 1 atom stereocenters. The van der Waals surface area contributed by atoms with Crippen LogP contribution in [0.4, 0.5) is 0 Å². The Hall–Kier alpha value is -1.68. The van der Waals surface area contributed by atoms with Crippen molar-refractivity contribution in [2.45, 2.75) is 59.5 Å². The van der Waals surface area contributed by atoms with Gasteiger partial charge in [0.15, 0.2) is 5.78 Å². The van der Waals surface area contributed by atoms with Gasteiger partial charge < -0.3 is 9.84 Å². The third-order valence-corrected chi connectivity index (χ3v) is 4.63. The van der Waals surface area contributed by atoms with Crippen molar-refractivity contribution in [2.24, 2.45) is 5.41 Å². The van der Waals surface area contributed by atoms with Crippen molar-refractivity contribution in [2.75, 3.05) is 7.11 Å². The minimum absolute atomic E-state index is 0.120. The summed E-state index contributed by atoms with van der Waals surface area (Å²) in [6.45, 7) is 9.39. The lowest BCUT2D eigenvalue weighted by Crippen LogP contribution is -2.49. The zero-order valence-corrected chi connectivity index (χ0v) is 15.0. The molecule has 128 valence electrons. The highest BCUT2D eigenvalue weighted by molar-refractivity contribution is 5.98. The average Bonchev–Trinajstić information content (AvgIpc) is 2.47. The van der Waals surface area contributed by atoms with Crippen LogP contribution in [0, 0.1) is 5.41 Å². The van der Waals surface area contributed by atoms with Crippen LogP contribution in [0.1, 0.15) is 53.9 Å². The first kappa shape index (κ1) is 19.4. The monoisotopic (exact) mass is 320 g/mol. The Balaban J connectivity index is 3.29. The molecule has 0 amide bonds. The van der Waals surface area contributed by atoms with Crippen LogP contribution in [0.15, 0.2) is 34.9 Å². The number of hydrogen-bond acceptors (Lipinski definition) is 4. The normalized spacial score (nSPS) is 25.2. The number of carbonyl (C=O) groups excluding carboxylic acids is 2. The number of ketones is 1. The Morgan fingerprint density at radius 3 is 2.52 bits per heavy atom. The first-order valence-corrected chi connectivity index (χ1v) is 8.00. The summed E-state index contributed by atoms with van der Waals surface area (Å²) in [5, 5.41) is 11.3. The van der Waals surface area contributed by atoms with Gasteiger partial charge in [0.1, 0.15) is 5.60 Å². The van der Waals surface area contributed by atoms with E-state index in [9.17, 15) is 14.7 Å². The average molecular weight is 320 g/mol. The molecule has 0 aliphatic heterocycles. The molecule has 0 aromatic heterocycles. The topological polar surface area (TPSA) is 63.6 Å². The van der Waals surface area contributed by atoms with E-state index in [0.717, 1.165) is 12.0 Å². The zero-order valence-electron chi connectivity index (χ0n) is 15.0. The SMILES string of the molecule is CCCC1=C(C)[C@](O)(C=CC(C)=CC(=O)OC)C(C)(C)CC1=O. The molecule has 0 fully saturated rings. The maximum Gasteiger partial charge on any atom is 0.330 e. The van der Waals surface area contributed by atoms with Gasteiger partial charge in [0, 0.05) is 17.9 Å². The molecule has 0 aromatic rings. The Morgan fingerprint density at radius 2 is 2.00 bits per heavy atom. The fourth-order valence-corrected chi connectivity index (χ4v) is 3.06. The summed E-state index contributed by atoms with van der Waals surface area (Å²) in [6.07, 6.45) is 6.61. The van der Waals surface area contributed by atoms with Gasteiger partial charge in [-0.2, -0.15) is 0 Å². The minimum Gasteiger partial charge on any atom is -0.466 e. The fraction of sp³-hybridized carbons (Fsp3) is 0.579. The molecule has 4 nitrogen and oxygen atoms in total. The maximum atomic E-state index is 12.4. The van der Waals surface area contributed by atoms with E-state index >= 15 is 0 Å². The molecule has 4 heteroatoms. The van der Waals surface area contributed by atoms with Gasteiger partial charge in [-0.1, -0.05) is 33.3 Å². The Morgan fingerprint density at radius 1 is 1.39 bits per heavy atom. The first-order valence-electron chi connectivity index (χ1n) is 8.00. The molecule has 1 aliphatic rings. The lowest BCUT2D eigenvalue weighted by Gasteiger charge is -2.45. The minimum atomic E-state index is -1.21. The predicted octanol–water partition coefficient (Wildman–Crippen LogP) is 3.51. The highest BCUT2D eigenvalue weighted by Crippen LogP contribution is 2.47. The number of hydrogen-bond donors (Lipinski definition) is 1. The second-order valence-electron chi connectivity index (χ2n) is 6.85. The number of rotatable bonds is 5. The molecule has 1 rings (SSSR count). The van der Waals surface area contributed by atoms with Crippen molar-refractivity contribution in [3.63, 3.8) is 0 Å². The summed E-state index contributed by atoms with van der Waals surface area (Å²) < 4.78 is 4.60. The second kappa shape index (κ2) is 7.26. The van der Waals surface area contributed by atoms with Gasteiger partial charge in [-0.15, -0.1) is 0 Å². The van der Waals surface area contributed by atoms with Gasteiger partial charge in [-0.25, -0.2) is 4.79 Å². The van der Waals surface area contributed by atoms with Crippen LogP contribution in [-0.2, 0) is 14.3 Å². The van der Waals surface area contributed by atoms with Gasteiger partial charge in [0.2, 0.25) is 0 Å². The zero-order chi connectivity index (χ0) is 17.8. The highest BCUT2D eigenvalue weighted by atomic mass is 16.5. The summed E-state index contributed by atoms with van der Waals surface area (Å²) in [5.41, 5.74) is 0.309. The van der Waals surface area contributed by atoms with Crippen LogP contribution in [0.2, 0.25) is 0 Å². The quantitative estimate of drug-likeness (QED) is 0.478. The van der Waals surface area contributed by atoms with E-state index in [0.29, 0.717) is 24.0 Å². The van der Waals surface area contributed by atoms with Crippen molar-refractivity contribution < 1.29 is 19.4 Å². The largest absolute Gasteiger partial charge is 0.466 e. The van der Waals surface area contributed by atoms with E-state index in [2.05, 4.69) is 4.74 Å². The number of carbonyl (C=O) groups is 2. The molecular weight excluding hydrogens is 292 g/mol. The second-order valence-corrected chi connectivity index (χ2v) is 6.85. The standard InChI is InChI=1S/C19H28O4/c1-7-8-15-14(3)19(22,18(4,5)12-16(15)20)10-9-13(2)11-17(21)23-6/h9-11,22H,7-8,12H2,1-6H3/t19-/m1/s1. The summed E-state index contributed by atoms with van der Waals surface area (Å²) in [6, 6.07) is 0. The van der Waals surface area contributed by atoms with E-state index in [1.165, 1.54) is 13.2 Å². The predicted molar refractivity (Wildman–Crippen MR) is 90.9 cm³/mol. The number of ether oxygens (including phenoxy) is 1. The summed E-state index contributed by atoms with van der Waals surface area (Å²) >= 11 is 0. The van der Waals surface area contributed by atoms with Gasteiger partial charge in [0.05, 0.1) is 7.11 Å². The smallest absolute Gasteiger partial charge is 0.330 e. The summed E-state index contributed by atoms with van der Waals surface area (Å²) in [5.74, 6) is -0.314. The van der Waals surface area contributed by atoms with E-state index in [1.54, 1.807) is 19.1 Å². The number of Topliss-reactive ketones (excluding diaryl/α,β-unsaturated/α-hetero) is 1. The molecule has 23 heavy (non-hydrogen) atoms. The van der Waals surface area contributed by atoms with E-state index < -0.39 is 17.0 Å². The number of aliphatic hydroxyl groups is 1. The van der Waals surface area contributed by atoms with Gasteiger partial charge in [-0.3, -0.25) is 4.79 Å². The molecule has 0 heterocycles. The van der Waals surface area contributed by atoms with Crippen LogP contribution in [0.5, 0.6) is 0 Å². The molecule has 1 aliphatic carbocycles. The number of methoxy groups -OCH3 is 1. The van der Waals surface area contributed by atoms with Crippen LogP contribution in [0.3, 0.4) is 0 Å². The van der Waals surface area contributed by atoms with Crippen molar-refractivity contribution in [1.29, 1.82) is 0 Å². The Labute approximate surface area is 138 Å². The molecular formula is C19H28O4. The third kappa shape index (κ3) is 3.99. The Bertz CT molecular complexity index is 578. The van der Waals surface area contributed by atoms with Crippen molar-refractivity contribution in [3.05, 3.63) is 34.9 Å². The lowest BCUT2D eigenvalue weighted by molar-refractivity contribution is -0.134. The fourth-order valence-electron chi connectivity index (χ4n) is 3.06.